The molecule has 1 aromatic rings. The summed E-state index contributed by atoms with van der Waals surface area (Å²) >= 11 is 0. The topological polar surface area (TPSA) is 52.2 Å². The molecule has 3 rings (SSSR count). The lowest BCUT2D eigenvalue weighted by Crippen LogP contribution is -2.48. The molecule has 24 heavy (non-hydrogen) atoms. The van der Waals surface area contributed by atoms with E-state index in [1.807, 2.05) is 4.90 Å². The van der Waals surface area contributed by atoms with Gasteiger partial charge in [0, 0.05) is 37.7 Å². The van der Waals surface area contributed by atoms with Crippen molar-refractivity contribution in [2.75, 3.05) is 26.2 Å². The number of hydrogen-bond donors (Lipinski definition) is 1. The number of alkyl halides is 3. The number of nitrogens with zero attached hydrogens (tertiary/aromatic N) is 3. The third-order valence-electron chi connectivity index (χ3n) is 5.28. The van der Waals surface area contributed by atoms with Gasteiger partial charge in [-0.05, 0) is 44.8 Å². The summed E-state index contributed by atoms with van der Waals surface area (Å²) in [5.41, 5.74) is -0.245. The molecule has 2 aliphatic rings. The predicted octanol–water partition coefficient (Wildman–Crippen LogP) is 2.62. The quantitative estimate of drug-likeness (QED) is 0.897. The van der Waals surface area contributed by atoms with Crippen LogP contribution in [0.2, 0.25) is 0 Å². The molecule has 5 nitrogen and oxygen atoms in total. The number of rotatable bonds is 2. The minimum Gasteiger partial charge on any atom is -0.343 e. The molecule has 0 atom stereocenters. The van der Waals surface area contributed by atoms with Gasteiger partial charge in [-0.25, -0.2) is 0 Å². The highest BCUT2D eigenvalue weighted by molar-refractivity contribution is 5.73. The van der Waals surface area contributed by atoms with Gasteiger partial charge in [0.15, 0.2) is 5.69 Å². The Kier molecular flexibility index (Phi) is 4.85. The molecular formula is C16H23F3N4O. The Hall–Kier alpha value is -1.57. The van der Waals surface area contributed by atoms with Crippen molar-refractivity contribution in [3.8, 4) is 0 Å². The molecule has 2 saturated heterocycles. The lowest BCUT2D eigenvalue weighted by Gasteiger charge is -2.41. The van der Waals surface area contributed by atoms with E-state index in [2.05, 4.69) is 15.1 Å². The molecule has 134 valence electrons. The maximum atomic E-state index is 12.6. The van der Waals surface area contributed by atoms with Crippen LogP contribution in [0.25, 0.3) is 0 Å². The van der Waals surface area contributed by atoms with Gasteiger partial charge in [0.05, 0.1) is 0 Å². The van der Waals surface area contributed by atoms with E-state index in [1.54, 1.807) is 6.92 Å². The van der Waals surface area contributed by atoms with E-state index in [0.717, 1.165) is 57.9 Å². The third-order valence-corrected chi connectivity index (χ3v) is 5.28. The van der Waals surface area contributed by atoms with Gasteiger partial charge >= 0.3 is 6.18 Å². The van der Waals surface area contributed by atoms with Gasteiger partial charge in [0.2, 0.25) is 5.91 Å². The Morgan fingerprint density at radius 1 is 1.17 bits per heavy atom. The summed E-state index contributed by atoms with van der Waals surface area (Å²) in [4.78, 5) is 15.7. The Morgan fingerprint density at radius 2 is 1.79 bits per heavy atom. The van der Waals surface area contributed by atoms with Crippen LogP contribution >= 0.6 is 0 Å². The molecule has 0 bridgehead atoms. The van der Waals surface area contributed by atoms with Crippen molar-refractivity contribution < 1.29 is 18.0 Å². The molecule has 1 aromatic heterocycles. The molecule has 2 fully saturated rings. The van der Waals surface area contributed by atoms with E-state index in [4.69, 9.17) is 0 Å². The molecule has 1 N–H and O–H groups in total. The summed E-state index contributed by atoms with van der Waals surface area (Å²) in [5.74, 6) is 0.244. The zero-order valence-corrected chi connectivity index (χ0v) is 13.8. The van der Waals surface area contributed by atoms with E-state index in [0.29, 0.717) is 11.7 Å². The van der Waals surface area contributed by atoms with Crippen LogP contribution in [-0.4, -0.2) is 58.1 Å². The largest absolute Gasteiger partial charge is 0.435 e. The van der Waals surface area contributed by atoms with Crippen molar-refractivity contribution in [3.05, 3.63) is 17.5 Å². The number of carbonyl (C=O) groups is 1. The van der Waals surface area contributed by atoms with E-state index in [-0.39, 0.29) is 11.8 Å². The monoisotopic (exact) mass is 344 g/mol. The minimum atomic E-state index is -4.39. The summed E-state index contributed by atoms with van der Waals surface area (Å²) in [7, 11) is 0. The average molecular weight is 344 g/mol. The molecule has 0 unspecified atom stereocenters. The number of H-pyrrole nitrogens is 1. The van der Waals surface area contributed by atoms with E-state index >= 15 is 0 Å². The van der Waals surface area contributed by atoms with Crippen LogP contribution in [0, 0.1) is 0 Å². The van der Waals surface area contributed by atoms with Crippen molar-refractivity contribution in [3.63, 3.8) is 0 Å². The summed E-state index contributed by atoms with van der Waals surface area (Å²) in [6, 6.07) is 1.63. The number of halogens is 3. The molecule has 0 saturated carbocycles. The fourth-order valence-electron chi connectivity index (χ4n) is 3.81. The molecule has 8 heteroatoms. The molecule has 1 amide bonds. The number of hydrogen-bond acceptors (Lipinski definition) is 3. The van der Waals surface area contributed by atoms with E-state index in [9.17, 15) is 18.0 Å². The number of nitrogens with one attached hydrogen (secondary N) is 1. The van der Waals surface area contributed by atoms with Crippen LogP contribution in [-0.2, 0) is 11.0 Å². The van der Waals surface area contributed by atoms with Crippen LogP contribution in [0.5, 0.6) is 0 Å². The maximum absolute atomic E-state index is 12.6. The standard InChI is InChI=1S/C16H23F3N4O/c1-11(24)22-8-4-13(5-9-22)23-6-2-12(3-7-23)14-10-15(21-20-14)16(17,18)19/h10,12-13H,2-9H2,1H3,(H,20,21). The number of amides is 1. The fourth-order valence-corrected chi connectivity index (χ4v) is 3.81. The van der Waals surface area contributed by atoms with Gasteiger partial charge in [0.25, 0.3) is 0 Å². The van der Waals surface area contributed by atoms with Crippen molar-refractivity contribution in [2.24, 2.45) is 0 Å². The molecule has 0 radical (unpaired) electrons. The Morgan fingerprint density at radius 3 is 2.29 bits per heavy atom. The first-order chi connectivity index (χ1) is 11.3. The summed E-state index contributed by atoms with van der Waals surface area (Å²) < 4.78 is 37.9. The highest BCUT2D eigenvalue weighted by Gasteiger charge is 2.35. The minimum absolute atomic E-state index is 0.113. The Bertz CT molecular complexity index is 570. The number of aromatic nitrogens is 2. The number of aromatic amines is 1. The van der Waals surface area contributed by atoms with Crippen molar-refractivity contribution in [1.29, 1.82) is 0 Å². The van der Waals surface area contributed by atoms with Gasteiger partial charge in [-0.15, -0.1) is 0 Å². The summed E-state index contributed by atoms with van der Waals surface area (Å²) in [5, 5.41) is 5.96. The first-order valence-electron chi connectivity index (χ1n) is 8.46. The lowest BCUT2D eigenvalue weighted by atomic mass is 9.91. The van der Waals surface area contributed by atoms with E-state index in [1.165, 1.54) is 0 Å². The molecular weight excluding hydrogens is 321 g/mol. The highest BCUT2D eigenvalue weighted by Crippen LogP contribution is 2.33. The molecule has 0 spiro atoms. The van der Waals surface area contributed by atoms with Crippen LogP contribution in [0.3, 0.4) is 0 Å². The maximum Gasteiger partial charge on any atom is 0.435 e. The van der Waals surface area contributed by atoms with Crippen LogP contribution in [0.15, 0.2) is 6.07 Å². The SMILES string of the molecule is CC(=O)N1CCC(N2CCC(c3cc(C(F)(F)F)n[nH]3)CC2)CC1. The van der Waals surface area contributed by atoms with Crippen molar-refractivity contribution >= 4 is 5.91 Å². The third kappa shape index (κ3) is 3.74. The molecule has 0 aliphatic carbocycles. The first kappa shape index (κ1) is 17.3. The second-order valence-electron chi connectivity index (χ2n) is 6.75. The number of carbonyl (C=O) groups excluding carboxylic acids is 1. The first-order valence-corrected chi connectivity index (χ1v) is 8.46. The summed E-state index contributed by atoms with van der Waals surface area (Å²) in [6.45, 7) is 4.97. The normalized spacial score (nSPS) is 22.1. The summed E-state index contributed by atoms with van der Waals surface area (Å²) in [6.07, 6.45) is -0.752. The highest BCUT2D eigenvalue weighted by atomic mass is 19.4. The second kappa shape index (κ2) is 6.74. The Labute approximate surface area is 139 Å². The number of likely N-dealkylation sites (tertiary alicyclic amines) is 2. The zero-order valence-electron chi connectivity index (χ0n) is 13.8. The fraction of sp³-hybridized carbons (Fsp3) is 0.750. The number of piperidine rings is 2. The van der Waals surface area contributed by atoms with Gasteiger partial charge < -0.3 is 9.80 Å². The molecule has 3 heterocycles. The van der Waals surface area contributed by atoms with Crippen LogP contribution < -0.4 is 0 Å². The van der Waals surface area contributed by atoms with Gasteiger partial charge in [-0.1, -0.05) is 0 Å². The van der Waals surface area contributed by atoms with Gasteiger partial charge in [-0.3, -0.25) is 9.89 Å². The van der Waals surface area contributed by atoms with Crippen molar-refractivity contribution in [2.45, 2.75) is 50.7 Å². The Balaban J connectivity index is 1.51. The van der Waals surface area contributed by atoms with Gasteiger partial charge in [0.1, 0.15) is 0 Å². The lowest BCUT2D eigenvalue weighted by molar-refractivity contribution is -0.141. The average Bonchev–Trinajstić information content (AvgIpc) is 3.05. The van der Waals surface area contributed by atoms with Gasteiger partial charge in [-0.2, -0.15) is 18.3 Å². The van der Waals surface area contributed by atoms with Crippen LogP contribution in [0.4, 0.5) is 13.2 Å². The van der Waals surface area contributed by atoms with E-state index < -0.39 is 11.9 Å². The second-order valence-corrected chi connectivity index (χ2v) is 6.75. The molecule has 2 aliphatic heterocycles. The zero-order chi connectivity index (χ0) is 17.3. The van der Waals surface area contributed by atoms with Crippen LogP contribution in [0.1, 0.15) is 49.9 Å². The smallest absolute Gasteiger partial charge is 0.343 e. The van der Waals surface area contributed by atoms with Crippen molar-refractivity contribution in [1.82, 2.24) is 20.0 Å². The molecule has 0 aromatic carbocycles. The predicted molar refractivity (Wildman–Crippen MR) is 82.4 cm³/mol.